The fourth-order valence-corrected chi connectivity index (χ4v) is 11.3. The minimum Gasteiger partial charge on any atom is -0.463 e. The second-order valence-electron chi connectivity index (χ2n) is 7.39. The van der Waals surface area contributed by atoms with Crippen molar-refractivity contribution < 1.29 is 38.5 Å². The highest BCUT2D eigenvalue weighted by atomic mass is 32.2. The number of hydrogen-bond acceptors (Lipinski definition) is 15. The molecular formula is C23H44O8S8. The molecule has 0 aromatic heterocycles. The van der Waals surface area contributed by atoms with Crippen molar-refractivity contribution in [2.45, 2.75) is 25.7 Å². The van der Waals surface area contributed by atoms with E-state index < -0.39 is 10.8 Å². The van der Waals surface area contributed by atoms with Gasteiger partial charge in [0.05, 0.1) is 26.2 Å². The van der Waals surface area contributed by atoms with Crippen LogP contribution in [0.25, 0.3) is 0 Å². The molecule has 232 valence electrons. The maximum Gasteiger partial charge on any atom is 0.306 e. The van der Waals surface area contributed by atoms with E-state index in [1.165, 1.54) is 11.8 Å². The van der Waals surface area contributed by atoms with Gasteiger partial charge in [-0.15, -0.1) is 0 Å². The average molecular weight is 705 g/mol. The summed E-state index contributed by atoms with van der Waals surface area (Å²) in [5, 5.41) is 20.3. The number of aliphatic hydroxyl groups is 2. The lowest BCUT2D eigenvalue weighted by atomic mass is 10.5. The Labute approximate surface area is 266 Å². The standard InChI is InChI=1S/C23H44O8S8/c24-5-8-29-22(26)3-12-34-20-33-11-2-17-39(28)18-16-37-21-36-14-15-38-23(27)4-13-35-19-32-10-1-7-30-31-9-6-25/h24-25H,1-21H2. The van der Waals surface area contributed by atoms with Gasteiger partial charge in [-0.3, -0.25) is 13.8 Å². The first kappa shape index (κ1) is 40.6. The molecule has 1 unspecified atom stereocenters. The van der Waals surface area contributed by atoms with Gasteiger partial charge in [0.2, 0.25) is 0 Å². The molecular weight excluding hydrogens is 661 g/mol. The van der Waals surface area contributed by atoms with Crippen molar-refractivity contribution in [2.75, 3.05) is 100 Å². The van der Waals surface area contributed by atoms with Crippen LogP contribution in [0.15, 0.2) is 0 Å². The molecule has 0 aromatic carbocycles. The SMILES string of the molecule is O=C(CCSCSCCCS(=O)CCSCSCCSC(=O)CCSCSCCCOOCCO)OCCO. The van der Waals surface area contributed by atoms with E-state index >= 15 is 0 Å². The number of rotatable bonds is 31. The van der Waals surface area contributed by atoms with Crippen molar-refractivity contribution >= 4 is 104 Å². The molecule has 0 amide bonds. The number of hydrogen-bond donors (Lipinski definition) is 2. The molecule has 0 saturated heterocycles. The molecule has 0 radical (unpaired) electrons. The van der Waals surface area contributed by atoms with Crippen LogP contribution in [-0.4, -0.2) is 126 Å². The number of aliphatic hydroxyl groups excluding tert-OH is 2. The maximum atomic E-state index is 12.1. The van der Waals surface area contributed by atoms with E-state index in [1.807, 2.05) is 35.3 Å². The van der Waals surface area contributed by atoms with Crippen LogP contribution in [0.3, 0.4) is 0 Å². The summed E-state index contributed by atoms with van der Waals surface area (Å²) in [4.78, 5) is 32.9. The van der Waals surface area contributed by atoms with Gasteiger partial charge in [-0.1, -0.05) is 11.8 Å². The van der Waals surface area contributed by atoms with Crippen LogP contribution in [0, 0.1) is 0 Å². The Morgan fingerprint density at radius 1 is 0.615 bits per heavy atom. The van der Waals surface area contributed by atoms with E-state index in [1.54, 1.807) is 35.3 Å². The zero-order valence-electron chi connectivity index (χ0n) is 22.5. The second kappa shape index (κ2) is 34.1. The van der Waals surface area contributed by atoms with E-state index in [-0.39, 0.29) is 37.5 Å². The average Bonchev–Trinajstić information content (AvgIpc) is 2.93. The molecule has 0 aliphatic rings. The Morgan fingerprint density at radius 2 is 1.21 bits per heavy atom. The van der Waals surface area contributed by atoms with Gasteiger partial charge in [-0.2, -0.15) is 70.6 Å². The van der Waals surface area contributed by atoms with Crippen molar-refractivity contribution in [1.29, 1.82) is 0 Å². The van der Waals surface area contributed by atoms with Crippen LogP contribution < -0.4 is 0 Å². The summed E-state index contributed by atoms with van der Waals surface area (Å²) < 4.78 is 16.9. The van der Waals surface area contributed by atoms with Gasteiger partial charge in [0.25, 0.3) is 0 Å². The quantitative estimate of drug-likeness (QED) is 0.0351. The molecule has 0 aromatic rings. The highest BCUT2D eigenvalue weighted by Crippen LogP contribution is 2.18. The lowest BCUT2D eigenvalue weighted by Gasteiger charge is -2.05. The molecule has 0 rings (SSSR count). The predicted octanol–water partition coefficient (Wildman–Crippen LogP) is 4.30. The number of esters is 1. The lowest BCUT2D eigenvalue weighted by Crippen LogP contribution is -2.09. The molecule has 0 bridgehead atoms. The first-order valence-electron chi connectivity index (χ1n) is 12.7. The predicted molar refractivity (Wildman–Crippen MR) is 180 cm³/mol. The first-order chi connectivity index (χ1) is 19.1. The third-order valence-electron chi connectivity index (χ3n) is 4.14. The summed E-state index contributed by atoms with van der Waals surface area (Å²) in [5.41, 5.74) is 0. The number of carbonyl (C=O) groups excluding carboxylic acids is 2. The van der Waals surface area contributed by atoms with Crippen molar-refractivity contribution in [3.63, 3.8) is 0 Å². The number of ether oxygens (including phenoxy) is 1. The zero-order valence-corrected chi connectivity index (χ0v) is 29.0. The summed E-state index contributed by atoms with van der Waals surface area (Å²) in [6.45, 7) is 0.629. The summed E-state index contributed by atoms with van der Waals surface area (Å²) in [7, 11) is -0.765. The molecule has 0 aliphatic heterocycles. The molecule has 0 fully saturated rings. The Bertz CT molecular complexity index is 592. The topological polar surface area (TPSA) is 119 Å². The Balaban J connectivity index is 3.29. The molecule has 39 heavy (non-hydrogen) atoms. The summed E-state index contributed by atoms with van der Waals surface area (Å²) in [6, 6.07) is 0. The zero-order chi connectivity index (χ0) is 28.7. The fraction of sp³-hybridized carbons (Fsp3) is 0.913. The monoisotopic (exact) mass is 704 g/mol. The smallest absolute Gasteiger partial charge is 0.306 e. The first-order valence-corrected chi connectivity index (χ1v) is 22.1. The van der Waals surface area contributed by atoms with Gasteiger partial charge in [0.1, 0.15) is 13.2 Å². The summed E-state index contributed by atoms with van der Waals surface area (Å²) >= 11 is 12.2. The Kier molecular flexibility index (Phi) is 35.5. The van der Waals surface area contributed by atoms with Crippen LogP contribution in [0.5, 0.6) is 0 Å². The molecule has 0 saturated carbocycles. The number of carbonyl (C=O) groups is 2. The maximum absolute atomic E-state index is 12.1. The molecule has 1 atom stereocenters. The molecule has 0 spiro atoms. The van der Waals surface area contributed by atoms with E-state index in [0.29, 0.717) is 19.4 Å². The molecule has 16 heteroatoms. The lowest BCUT2D eigenvalue weighted by molar-refractivity contribution is -0.297. The Morgan fingerprint density at radius 3 is 1.92 bits per heavy atom. The fourth-order valence-electron chi connectivity index (χ4n) is 2.31. The third kappa shape index (κ3) is 33.9. The molecule has 0 heterocycles. The normalized spacial score (nSPS) is 12.1. The summed E-state index contributed by atoms with van der Waals surface area (Å²) in [6.07, 6.45) is 2.82. The molecule has 8 nitrogen and oxygen atoms in total. The van der Waals surface area contributed by atoms with Crippen LogP contribution in [-0.2, 0) is 34.9 Å². The Hall–Kier alpha value is 1.58. The highest BCUT2D eigenvalue weighted by Gasteiger charge is 2.05. The number of thioether (sulfide) groups is 7. The minimum atomic E-state index is -0.765. The van der Waals surface area contributed by atoms with Gasteiger partial charge in [0, 0.05) is 72.7 Å². The molecule has 0 aliphatic carbocycles. The highest BCUT2D eigenvalue weighted by molar-refractivity contribution is 8.18. The largest absolute Gasteiger partial charge is 0.463 e. The van der Waals surface area contributed by atoms with Crippen LogP contribution in [0.1, 0.15) is 25.7 Å². The van der Waals surface area contributed by atoms with Gasteiger partial charge in [-0.25, -0.2) is 9.78 Å². The van der Waals surface area contributed by atoms with E-state index in [9.17, 15) is 13.8 Å². The van der Waals surface area contributed by atoms with Gasteiger partial charge < -0.3 is 14.9 Å². The van der Waals surface area contributed by atoms with Crippen LogP contribution in [0.2, 0.25) is 0 Å². The van der Waals surface area contributed by atoms with Crippen molar-refractivity contribution in [3.8, 4) is 0 Å². The van der Waals surface area contributed by atoms with Crippen LogP contribution in [0.4, 0.5) is 0 Å². The van der Waals surface area contributed by atoms with E-state index in [2.05, 4.69) is 0 Å². The van der Waals surface area contributed by atoms with Crippen LogP contribution >= 0.6 is 82.3 Å². The van der Waals surface area contributed by atoms with E-state index in [4.69, 9.17) is 24.7 Å². The van der Waals surface area contributed by atoms with E-state index in [0.717, 1.165) is 79.9 Å². The van der Waals surface area contributed by atoms with Crippen molar-refractivity contribution in [3.05, 3.63) is 0 Å². The van der Waals surface area contributed by atoms with Crippen molar-refractivity contribution in [1.82, 2.24) is 0 Å². The minimum absolute atomic E-state index is 0.0355. The van der Waals surface area contributed by atoms with Gasteiger partial charge in [0.15, 0.2) is 5.12 Å². The second-order valence-corrected chi connectivity index (χ2v) is 18.0. The van der Waals surface area contributed by atoms with Gasteiger partial charge in [-0.05, 0) is 24.3 Å². The molecule has 2 N–H and O–H groups in total. The summed E-state index contributed by atoms with van der Waals surface area (Å²) in [5.74, 6) is 7.45. The van der Waals surface area contributed by atoms with Crippen molar-refractivity contribution in [2.24, 2.45) is 0 Å². The third-order valence-corrected chi connectivity index (χ3v) is 14.1. The van der Waals surface area contributed by atoms with Gasteiger partial charge >= 0.3 is 5.97 Å².